The van der Waals surface area contributed by atoms with Crippen molar-refractivity contribution in [1.82, 2.24) is 19.2 Å². The predicted octanol–water partition coefficient (Wildman–Crippen LogP) is 3.51. The van der Waals surface area contributed by atoms with Gasteiger partial charge >= 0.3 is 0 Å². The largest absolute Gasteiger partial charge is 0.485 e. The molecular weight excluding hydrogens is 432 g/mol. The topological polar surface area (TPSA) is 93.7 Å². The number of aliphatic hydroxyl groups excluding tert-OH is 1. The number of pyridine rings is 1. The van der Waals surface area contributed by atoms with E-state index < -0.39 is 11.6 Å². The van der Waals surface area contributed by atoms with Crippen LogP contribution in [0.4, 0.5) is 14.5 Å². The third-order valence-electron chi connectivity index (χ3n) is 5.47. The summed E-state index contributed by atoms with van der Waals surface area (Å²) in [6, 6.07) is 6.99. The molecule has 0 spiro atoms. The number of carbonyl (C=O) groups is 1. The van der Waals surface area contributed by atoms with E-state index in [4.69, 9.17) is 9.84 Å². The van der Waals surface area contributed by atoms with E-state index in [-0.39, 0.29) is 30.6 Å². The van der Waals surface area contributed by atoms with E-state index in [9.17, 15) is 13.6 Å². The number of rotatable bonds is 8. The van der Waals surface area contributed by atoms with Gasteiger partial charge in [-0.25, -0.2) is 13.8 Å². The highest BCUT2D eigenvalue weighted by atomic mass is 19.1. The van der Waals surface area contributed by atoms with Crippen LogP contribution in [0.5, 0.6) is 5.75 Å². The summed E-state index contributed by atoms with van der Waals surface area (Å²) in [7, 11) is 0. The molecular formula is C23H21F2N5O3. The van der Waals surface area contributed by atoms with Gasteiger partial charge in [0.1, 0.15) is 23.9 Å². The molecule has 0 bridgehead atoms. The molecule has 1 fully saturated rings. The highest BCUT2D eigenvalue weighted by molar-refractivity contribution is 6.04. The molecule has 4 aromatic rings. The first-order valence-corrected chi connectivity index (χ1v) is 10.6. The molecule has 5 rings (SSSR count). The minimum absolute atomic E-state index is 0.0618. The minimum atomic E-state index is -0.689. The molecule has 0 saturated heterocycles. The van der Waals surface area contributed by atoms with Gasteiger partial charge in [0.25, 0.3) is 5.91 Å². The molecule has 3 heterocycles. The van der Waals surface area contributed by atoms with Gasteiger partial charge in [0.2, 0.25) is 0 Å². The Bertz CT molecular complexity index is 1310. The Morgan fingerprint density at radius 2 is 2.00 bits per heavy atom. The van der Waals surface area contributed by atoms with Gasteiger partial charge in [-0.1, -0.05) is 6.07 Å². The van der Waals surface area contributed by atoms with Gasteiger partial charge < -0.3 is 15.2 Å². The Kier molecular flexibility index (Phi) is 5.51. The molecule has 1 aliphatic carbocycles. The van der Waals surface area contributed by atoms with Crippen molar-refractivity contribution in [3.05, 3.63) is 77.5 Å². The number of benzene rings is 1. The van der Waals surface area contributed by atoms with Gasteiger partial charge in [0, 0.05) is 18.3 Å². The number of hydrogen-bond donors (Lipinski definition) is 2. The highest BCUT2D eigenvalue weighted by Crippen LogP contribution is 2.42. The fourth-order valence-corrected chi connectivity index (χ4v) is 3.70. The monoisotopic (exact) mass is 453 g/mol. The molecule has 1 amide bonds. The molecule has 170 valence electrons. The fourth-order valence-electron chi connectivity index (χ4n) is 3.70. The van der Waals surface area contributed by atoms with Crippen LogP contribution in [0, 0.1) is 11.6 Å². The van der Waals surface area contributed by atoms with Crippen LogP contribution in [0.3, 0.4) is 0 Å². The number of nitrogens with one attached hydrogen (secondary N) is 1. The first-order valence-electron chi connectivity index (χ1n) is 10.6. The maximum atomic E-state index is 14.0. The van der Waals surface area contributed by atoms with Gasteiger partial charge in [-0.2, -0.15) is 5.10 Å². The number of carbonyl (C=O) groups excluding carboxylic acids is 1. The molecule has 1 aliphatic rings. The van der Waals surface area contributed by atoms with Crippen molar-refractivity contribution in [1.29, 1.82) is 0 Å². The third-order valence-corrected chi connectivity index (χ3v) is 5.47. The number of aromatic nitrogens is 4. The van der Waals surface area contributed by atoms with Crippen molar-refractivity contribution < 1.29 is 23.4 Å². The zero-order chi connectivity index (χ0) is 22.9. The van der Waals surface area contributed by atoms with Crippen molar-refractivity contribution >= 4 is 17.2 Å². The van der Waals surface area contributed by atoms with Crippen LogP contribution in [0.15, 0.2) is 48.9 Å². The van der Waals surface area contributed by atoms with Gasteiger partial charge in [-0.3, -0.25) is 13.9 Å². The molecule has 33 heavy (non-hydrogen) atoms. The normalized spacial score (nSPS) is 13.4. The molecule has 1 saturated carbocycles. The molecule has 0 radical (unpaired) electrons. The van der Waals surface area contributed by atoms with Gasteiger partial charge in [0.15, 0.2) is 11.4 Å². The summed E-state index contributed by atoms with van der Waals surface area (Å²) in [5, 5.41) is 16.0. The molecule has 0 atom stereocenters. The van der Waals surface area contributed by atoms with E-state index in [2.05, 4.69) is 15.4 Å². The van der Waals surface area contributed by atoms with Crippen LogP contribution in [-0.2, 0) is 13.2 Å². The Morgan fingerprint density at radius 3 is 2.73 bits per heavy atom. The van der Waals surface area contributed by atoms with Crippen molar-refractivity contribution in [2.45, 2.75) is 31.9 Å². The average Bonchev–Trinajstić information content (AvgIpc) is 3.42. The van der Waals surface area contributed by atoms with Crippen molar-refractivity contribution in [3.8, 4) is 5.75 Å². The Morgan fingerprint density at radius 1 is 1.21 bits per heavy atom. The molecule has 3 aromatic heterocycles. The third kappa shape index (κ3) is 4.17. The first-order chi connectivity index (χ1) is 16.0. The molecule has 2 N–H and O–H groups in total. The zero-order valence-corrected chi connectivity index (χ0v) is 17.5. The Balaban J connectivity index is 1.46. The van der Waals surface area contributed by atoms with E-state index in [0.717, 1.165) is 12.8 Å². The number of ether oxygens (including phenoxy) is 1. The molecule has 0 unspecified atom stereocenters. The minimum Gasteiger partial charge on any atom is -0.485 e. The Hall–Kier alpha value is -3.79. The van der Waals surface area contributed by atoms with Crippen molar-refractivity contribution in [2.75, 3.05) is 11.9 Å². The second kappa shape index (κ2) is 8.62. The second-order valence-corrected chi connectivity index (χ2v) is 7.84. The quantitative estimate of drug-likeness (QED) is 0.426. The lowest BCUT2D eigenvalue weighted by molar-refractivity contribution is 0.102. The van der Waals surface area contributed by atoms with Gasteiger partial charge in [0.05, 0.1) is 36.3 Å². The van der Waals surface area contributed by atoms with Gasteiger partial charge in [-0.05, 0) is 37.1 Å². The number of imidazole rings is 1. The summed E-state index contributed by atoms with van der Waals surface area (Å²) in [5.74, 6) is -1.25. The van der Waals surface area contributed by atoms with Crippen molar-refractivity contribution in [2.24, 2.45) is 0 Å². The molecule has 8 nitrogen and oxygen atoms in total. The number of amides is 1. The fraction of sp³-hybridized carbons (Fsp3) is 0.261. The summed E-state index contributed by atoms with van der Waals surface area (Å²) in [4.78, 5) is 17.9. The molecule has 0 aliphatic heterocycles. The predicted molar refractivity (Wildman–Crippen MR) is 115 cm³/mol. The van der Waals surface area contributed by atoms with E-state index in [0.29, 0.717) is 35.0 Å². The summed E-state index contributed by atoms with van der Waals surface area (Å²) < 4.78 is 36.9. The summed E-state index contributed by atoms with van der Waals surface area (Å²) in [5.41, 5.74) is 1.75. The summed E-state index contributed by atoms with van der Waals surface area (Å²) >= 11 is 0. The number of hydrogen-bond acceptors (Lipinski definition) is 5. The maximum absolute atomic E-state index is 14.0. The van der Waals surface area contributed by atoms with Crippen LogP contribution in [0.25, 0.3) is 5.65 Å². The zero-order valence-electron chi connectivity index (χ0n) is 17.5. The molecule has 1 aromatic carbocycles. The SMILES string of the molecule is O=C(Nc1cnn(CCO)c1)c1c(C2CC2)nc2c(OCc3c(F)cccc3F)cccn12. The first kappa shape index (κ1) is 21.1. The number of anilines is 1. The smallest absolute Gasteiger partial charge is 0.274 e. The lowest BCUT2D eigenvalue weighted by Crippen LogP contribution is -2.16. The Labute approximate surface area is 187 Å². The lowest BCUT2D eigenvalue weighted by Gasteiger charge is -2.09. The van der Waals surface area contributed by atoms with E-state index in [1.165, 1.54) is 29.1 Å². The van der Waals surface area contributed by atoms with Crippen LogP contribution >= 0.6 is 0 Å². The average molecular weight is 453 g/mol. The van der Waals surface area contributed by atoms with Crippen LogP contribution in [-0.4, -0.2) is 36.8 Å². The van der Waals surface area contributed by atoms with E-state index in [1.807, 2.05) is 0 Å². The van der Waals surface area contributed by atoms with Crippen molar-refractivity contribution in [3.63, 3.8) is 0 Å². The van der Waals surface area contributed by atoms with Crippen LogP contribution in [0.1, 0.15) is 40.5 Å². The van der Waals surface area contributed by atoms with Crippen LogP contribution < -0.4 is 10.1 Å². The van der Waals surface area contributed by atoms with E-state index in [1.54, 1.807) is 28.9 Å². The van der Waals surface area contributed by atoms with Gasteiger partial charge in [-0.15, -0.1) is 0 Å². The summed E-state index contributed by atoms with van der Waals surface area (Å²) in [6.07, 6.45) is 6.69. The summed E-state index contributed by atoms with van der Waals surface area (Å²) in [6.45, 7) is -0.0504. The number of nitrogens with zero attached hydrogens (tertiary/aromatic N) is 4. The lowest BCUT2D eigenvalue weighted by atomic mass is 10.2. The number of aliphatic hydroxyl groups is 1. The van der Waals surface area contributed by atoms with E-state index >= 15 is 0 Å². The standard InChI is InChI=1S/C23H21F2N5O3/c24-17-3-1-4-18(25)16(17)13-33-19-5-2-8-30-21(20(14-6-7-14)28-22(19)30)23(32)27-15-11-26-29(12-15)9-10-31/h1-5,8,11-12,14,31H,6-7,9-10,13H2,(H,27,32). The highest BCUT2D eigenvalue weighted by Gasteiger charge is 2.33. The second-order valence-electron chi connectivity index (χ2n) is 7.84. The number of halogens is 2. The molecule has 10 heteroatoms. The maximum Gasteiger partial charge on any atom is 0.274 e. The van der Waals surface area contributed by atoms with Crippen LogP contribution in [0.2, 0.25) is 0 Å². The number of fused-ring (bicyclic) bond motifs is 1.